The molecule has 0 saturated heterocycles. The Morgan fingerprint density at radius 1 is 0.909 bits per heavy atom. The van der Waals surface area contributed by atoms with Crippen LogP contribution in [0.15, 0.2) is 48.5 Å². The number of H-pyrrole nitrogens is 1. The van der Waals surface area contributed by atoms with Crippen LogP contribution in [-0.2, 0) is 6.42 Å². The lowest BCUT2D eigenvalue weighted by atomic mass is 9.99. The summed E-state index contributed by atoms with van der Waals surface area (Å²) in [7, 11) is 0. The van der Waals surface area contributed by atoms with Gasteiger partial charge in [0.25, 0.3) is 0 Å². The van der Waals surface area contributed by atoms with Crippen LogP contribution in [0.4, 0.5) is 4.39 Å². The Morgan fingerprint density at radius 3 is 2.45 bits per heavy atom. The SMILES string of the molecule is CCCCCCc1c(-c2ccc(F)cc2)[nH]c2ccccc12. The van der Waals surface area contributed by atoms with E-state index >= 15 is 0 Å². The van der Waals surface area contributed by atoms with Gasteiger partial charge < -0.3 is 4.98 Å². The normalized spacial score (nSPS) is 11.2. The van der Waals surface area contributed by atoms with Crippen molar-refractivity contribution in [2.45, 2.75) is 39.0 Å². The van der Waals surface area contributed by atoms with Crippen molar-refractivity contribution in [2.24, 2.45) is 0 Å². The minimum absolute atomic E-state index is 0.190. The Labute approximate surface area is 131 Å². The molecule has 22 heavy (non-hydrogen) atoms. The van der Waals surface area contributed by atoms with Crippen molar-refractivity contribution in [1.29, 1.82) is 0 Å². The van der Waals surface area contributed by atoms with E-state index in [2.05, 4.69) is 30.1 Å². The van der Waals surface area contributed by atoms with Gasteiger partial charge in [0, 0.05) is 16.6 Å². The van der Waals surface area contributed by atoms with E-state index in [-0.39, 0.29) is 5.82 Å². The highest BCUT2D eigenvalue weighted by atomic mass is 19.1. The molecule has 114 valence electrons. The average Bonchev–Trinajstić information content (AvgIpc) is 2.91. The minimum atomic E-state index is -0.190. The summed E-state index contributed by atoms with van der Waals surface area (Å²) in [5, 5.41) is 1.29. The first-order chi connectivity index (χ1) is 10.8. The third-order valence-corrected chi connectivity index (χ3v) is 4.23. The van der Waals surface area contributed by atoms with Crippen molar-refractivity contribution >= 4 is 10.9 Å². The Balaban J connectivity index is 1.98. The standard InChI is InChI=1S/C20H22FN/c1-2-3-4-5-9-18-17-8-6-7-10-19(17)22-20(18)15-11-13-16(21)14-12-15/h6-8,10-14,22H,2-5,9H2,1H3. The topological polar surface area (TPSA) is 15.8 Å². The van der Waals surface area contributed by atoms with Crippen LogP contribution in [0.3, 0.4) is 0 Å². The van der Waals surface area contributed by atoms with Crippen LogP contribution in [0.5, 0.6) is 0 Å². The highest BCUT2D eigenvalue weighted by Gasteiger charge is 2.12. The molecule has 0 bridgehead atoms. The number of aromatic nitrogens is 1. The smallest absolute Gasteiger partial charge is 0.123 e. The largest absolute Gasteiger partial charge is 0.354 e. The van der Waals surface area contributed by atoms with Crippen molar-refractivity contribution in [3.63, 3.8) is 0 Å². The molecule has 0 atom stereocenters. The molecule has 1 aromatic heterocycles. The number of hydrogen-bond donors (Lipinski definition) is 1. The Bertz CT molecular complexity index is 740. The molecule has 0 aliphatic carbocycles. The molecule has 1 nitrogen and oxygen atoms in total. The van der Waals surface area contributed by atoms with E-state index in [1.807, 2.05) is 18.2 Å². The highest BCUT2D eigenvalue weighted by molar-refractivity contribution is 5.90. The van der Waals surface area contributed by atoms with E-state index in [4.69, 9.17) is 0 Å². The Kier molecular flexibility index (Phi) is 4.57. The number of para-hydroxylation sites is 1. The molecule has 0 amide bonds. The second-order valence-electron chi connectivity index (χ2n) is 5.84. The lowest BCUT2D eigenvalue weighted by Crippen LogP contribution is -1.89. The molecule has 2 aromatic carbocycles. The number of unbranched alkanes of at least 4 members (excludes halogenated alkanes) is 3. The third kappa shape index (κ3) is 3.06. The lowest BCUT2D eigenvalue weighted by molar-refractivity contribution is 0.628. The van der Waals surface area contributed by atoms with Gasteiger partial charge in [-0.25, -0.2) is 4.39 Å². The number of benzene rings is 2. The Hall–Kier alpha value is -2.09. The number of rotatable bonds is 6. The molecule has 3 aromatic rings. The lowest BCUT2D eigenvalue weighted by Gasteiger charge is -2.05. The minimum Gasteiger partial charge on any atom is -0.354 e. The zero-order valence-electron chi connectivity index (χ0n) is 13.0. The molecule has 3 rings (SSSR count). The van der Waals surface area contributed by atoms with Crippen LogP contribution in [0, 0.1) is 5.82 Å². The predicted molar refractivity (Wildman–Crippen MR) is 91.5 cm³/mol. The van der Waals surface area contributed by atoms with Crippen LogP contribution >= 0.6 is 0 Å². The summed E-state index contributed by atoms with van der Waals surface area (Å²) in [6.07, 6.45) is 6.06. The second kappa shape index (κ2) is 6.78. The van der Waals surface area contributed by atoms with Gasteiger partial charge in [0.05, 0.1) is 0 Å². The molecular formula is C20H22FN. The van der Waals surface area contributed by atoms with Gasteiger partial charge in [-0.1, -0.05) is 44.4 Å². The number of fused-ring (bicyclic) bond motifs is 1. The number of halogens is 1. The van der Waals surface area contributed by atoms with Gasteiger partial charge in [0.2, 0.25) is 0 Å². The van der Waals surface area contributed by atoms with Gasteiger partial charge in [-0.05, 0) is 54.3 Å². The molecule has 0 aliphatic heterocycles. The monoisotopic (exact) mass is 295 g/mol. The van der Waals surface area contributed by atoms with E-state index < -0.39 is 0 Å². The second-order valence-corrected chi connectivity index (χ2v) is 5.84. The zero-order valence-corrected chi connectivity index (χ0v) is 13.0. The maximum absolute atomic E-state index is 13.2. The van der Waals surface area contributed by atoms with Crippen LogP contribution in [0.1, 0.15) is 38.2 Å². The summed E-state index contributed by atoms with van der Waals surface area (Å²) in [5.41, 5.74) is 4.71. The molecule has 0 saturated carbocycles. The molecule has 0 spiro atoms. The van der Waals surface area contributed by atoms with E-state index in [1.165, 1.54) is 48.8 Å². The molecule has 0 fully saturated rings. The van der Waals surface area contributed by atoms with E-state index in [0.29, 0.717) is 0 Å². The average molecular weight is 295 g/mol. The maximum Gasteiger partial charge on any atom is 0.123 e. The maximum atomic E-state index is 13.2. The van der Waals surface area contributed by atoms with Gasteiger partial charge in [0.1, 0.15) is 5.82 Å². The third-order valence-electron chi connectivity index (χ3n) is 4.23. The molecular weight excluding hydrogens is 273 g/mol. The molecule has 0 unspecified atom stereocenters. The molecule has 1 heterocycles. The molecule has 1 N–H and O–H groups in total. The fourth-order valence-electron chi connectivity index (χ4n) is 3.05. The molecule has 0 radical (unpaired) electrons. The van der Waals surface area contributed by atoms with Crippen molar-refractivity contribution in [3.05, 3.63) is 59.9 Å². The van der Waals surface area contributed by atoms with Crippen LogP contribution in [0.2, 0.25) is 0 Å². The zero-order chi connectivity index (χ0) is 15.4. The van der Waals surface area contributed by atoms with Gasteiger partial charge in [-0.2, -0.15) is 0 Å². The summed E-state index contributed by atoms with van der Waals surface area (Å²) in [5.74, 6) is -0.190. The van der Waals surface area contributed by atoms with Crippen LogP contribution in [0.25, 0.3) is 22.2 Å². The predicted octanol–water partition coefficient (Wildman–Crippen LogP) is 6.10. The van der Waals surface area contributed by atoms with E-state index in [1.54, 1.807) is 0 Å². The number of aromatic amines is 1. The highest BCUT2D eigenvalue weighted by Crippen LogP contribution is 2.31. The summed E-state index contributed by atoms with van der Waals surface area (Å²) < 4.78 is 13.2. The van der Waals surface area contributed by atoms with E-state index in [9.17, 15) is 4.39 Å². The van der Waals surface area contributed by atoms with Gasteiger partial charge >= 0.3 is 0 Å². The summed E-state index contributed by atoms with van der Waals surface area (Å²) in [6, 6.07) is 15.2. The van der Waals surface area contributed by atoms with Gasteiger partial charge in [0.15, 0.2) is 0 Å². The first-order valence-corrected chi connectivity index (χ1v) is 8.15. The van der Waals surface area contributed by atoms with Gasteiger partial charge in [-0.3, -0.25) is 0 Å². The Morgan fingerprint density at radius 2 is 1.68 bits per heavy atom. The first kappa shape index (κ1) is 14.8. The van der Waals surface area contributed by atoms with Crippen molar-refractivity contribution < 1.29 is 4.39 Å². The number of nitrogens with one attached hydrogen (secondary N) is 1. The van der Waals surface area contributed by atoms with Crippen LogP contribution in [-0.4, -0.2) is 4.98 Å². The number of hydrogen-bond acceptors (Lipinski definition) is 0. The molecule has 0 aliphatic rings. The van der Waals surface area contributed by atoms with Gasteiger partial charge in [-0.15, -0.1) is 0 Å². The fourth-order valence-corrected chi connectivity index (χ4v) is 3.05. The number of aryl methyl sites for hydroxylation is 1. The summed E-state index contributed by atoms with van der Waals surface area (Å²) in [6.45, 7) is 2.23. The van der Waals surface area contributed by atoms with Crippen molar-refractivity contribution in [2.75, 3.05) is 0 Å². The van der Waals surface area contributed by atoms with E-state index in [0.717, 1.165) is 23.2 Å². The van der Waals surface area contributed by atoms with Crippen LogP contribution < -0.4 is 0 Å². The summed E-state index contributed by atoms with van der Waals surface area (Å²) >= 11 is 0. The summed E-state index contributed by atoms with van der Waals surface area (Å²) in [4.78, 5) is 3.52. The quantitative estimate of drug-likeness (QED) is 0.529. The molecule has 2 heteroatoms. The first-order valence-electron chi connectivity index (χ1n) is 8.15. The fraction of sp³-hybridized carbons (Fsp3) is 0.300. The van der Waals surface area contributed by atoms with Crippen molar-refractivity contribution in [3.8, 4) is 11.3 Å². The van der Waals surface area contributed by atoms with Crippen molar-refractivity contribution in [1.82, 2.24) is 4.98 Å².